The highest BCUT2D eigenvalue weighted by molar-refractivity contribution is 6.04. The molecule has 1 amide bonds. The molecule has 1 fully saturated rings. The molecule has 1 aromatic heterocycles. The van der Waals surface area contributed by atoms with E-state index in [4.69, 9.17) is 0 Å². The maximum atomic E-state index is 12.8. The van der Waals surface area contributed by atoms with Gasteiger partial charge in [0.25, 0.3) is 11.5 Å². The summed E-state index contributed by atoms with van der Waals surface area (Å²) in [6.07, 6.45) is 3.08. The molecule has 2 heterocycles. The van der Waals surface area contributed by atoms with Crippen LogP contribution in [0.15, 0.2) is 29.1 Å². The second-order valence-corrected chi connectivity index (χ2v) is 6.56. The molecule has 25 heavy (non-hydrogen) atoms. The van der Waals surface area contributed by atoms with Gasteiger partial charge in [-0.05, 0) is 38.4 Å². The van der Waals surface area contributed by atoms with Crippen LogP contribution >= 0.6 is 0 Å². The highest BCUT2D eigenvalue weighted by Gasteiger charge is 2.24. The number of nitrogens with one attached hydrogen (secondary N) is 1. The average molecular weight is 342 g/mol. The van der Waals surface area contributed by atoms with Gasteiger partial charge in [0.2, 0.25) is 0 Å². The molecule has 134 valence electrons. The van der Waals surface area contributed by atoms with Crippen molar-refractivity contribution in [3.8, 4) is 0 Å². The lowest BCUT2D eigenvalue weighted by Gasteiger charge is -2.22. The Morgan fingerprint density at radius 2 is 2.04 bits per heavy atom. The van der Waals surface area contributed by atoms with Crippen molar-refractivity contribution in [3.05, 3.63) is 40.3 Å². The predicted molar refractivity (Wildman–Crippen MR) is 98.9 cm³/mol. The number of likely N-dealkylation sites (N-methyl/N-ethyl adjacent to an activating group) is 1. The number of aryl methyl sites for hydroxylation is 1. The van der Waals surface area contributed by atoms with Gasteiger partial charge >= 0.3 is 0 Å². The average Bonchev–Trinajstić information content (AvgIpc) is 3.10. The van der Waals surface area contributed by atoms with Gasteiger partial charge in [0.15, 0.2) is 5.69 Å². The molecular formula is C19H26N4O2. The number of carbonyl (C=O) groups excluding carboxylic acids is 1. The quantitative estimate of drug-likeness (QED) is 0.872. The Balaban J connectivity index is 1.87. The van der Waals surface area contributed by atoms with E-state index in [2.05, 4.69) is 22.2 Å². The van der Waals surface area contributed by atoms with Gasteiger partial charge in [-0.25, -0.2) is 4.68 Å². The molecular weight excluding hydrogens is 316 g/mol. The molecule has 0 aliphatic carbocycles. The van der Waals surface area contributed by atoms with Crippen LogP contribution in [-0.2, 0) is 6.54 Å². The Bertz CT molecular complexity index is 815. The highest BCUT2D eigenvalue weighted by Crippen LogP contribution is 2.17. The van der Waals surface area contributed by atoms with Crippen LogP contribution in [0.25, 0.3) is 10.8 Å². The minimum Gasteiger partial charge on any atom is -0.349 e. The van der Waals surface area contributed by atoms with Crippen molar-refractivity contribution in [1.29, 1.82) is 0 Å². The van der Waals surface area contributed by atoms with Crippen LogP contribution in [0.1, 0.15) is 43.6 Å². The zero-order valence-corrected chi connectivity index (χ0v) is 15.0. The summed E-state index contributed by atoms with van der Waals surface area (Å²) in [6.45, 7) is 7.37. The molecule has 0 unspecified atom stereocenters. The van der Waals surface area contributed by atoms with Gasteiger partial charge in [0.05, 0.1) is 5.39 Å². The van der Waals surface area contributed by atoms with Crippen molar-refractivity contribution in [2.45, 2.75) is 45.7 Å². The summed E-state index contributed by atoms with van der Waals surface area (Å²) in [5, 5.41) is 8.55. The minimum absolute atomic E-state index is 0.137. The van der Waals surface area contributed by atoms with Crippen LogP contribution in [0, 0.1) is 0 Å². The van der Waals surface area contributed by atoms with E-state index in [0.29, 0.717) is 35.6 Å². The van der Waals surface area contributed by atoms with Crippen molar-refractivity contribution in [2.24, 2.45) is 0 Å². The molecule has 0 radical (unpaired) electrons. The Labute approximate surface area is 147 Å². The standard InChI is InChI=1S/C19H26N4O2/c1-3-11-23-19(25)16-10-6-5-9-15(16)17(21-23)18(24)20-13-14-8-7-12-22(14)4-2/h5-6,9-10,14H,3-4,7-8,11-13H2,1-2H3,(H,20,24)/t14-/m1/s1. The van der Waals surface area contributed by atoms with Gasteiger partial charge < -0.3 is 5.32 Å². The van der Waals surface area contributed by atoms with Crippen molar-refractivity contribution < 1.29 is 4.79 Å². The van der Waals surface area contributed by atoms with Crippen LogP contribution in [-0.4, -0.2) is 46.3 Å². The Hall–Kier alpha value is -2.21. The molecule has 1 aliphatic rings. The molecule has 6 nitrogen and oxygen atoms in total. The first-order chi connectivity index (χ1) is 12.2. The Morgan fingerprint density at radius 1 is 1.28 bits per heavy atom. The lowest BCUT2D eigenvalue weighted by molar-refractivity contribution is 0.0936. The minimum atomic E-state index is -0.205. The van der Waals surface area contributed by atoms with Crippen molar-refractivity contribution in [2.75, 3.05) is 19.6 Å². The molecule has 0 bridgehead atoms. The smallest absolute Gasteiger partial charge is 0.274 e. The third kappa shape index (κ3) is 3.58. The molecule has 1 atom stereocenters. The summed E-state index contributed by atoms with van der Waals surface area (Å²) in [6, 6.07) is 7.60. The SMILES string of the molecule is CCCn1nc(C(=O)NC[C@H]2CCCN2CC)c2ccccc2c1=O. The number of nitrogens with zero attached hydrogens (tertiary/aromatic N) is 3. The van der Waals surface area contributed by atoms with Crippen LogP contribution < -0.4 is 10.9 Å². The van der Waals surface area contributed by atoms with Gasteiger partial charge in [-0.15, -0.1) is 0 Å². The Morgan fingerprint density at radius 3 is 2.76 bits per heavy atom. The second-order valence-electron chi connectivity index (χ2n) is 6.56. The largest absolute Gasteiger partial charge is 0.349 e. The molecule has 3 rings (SSSR count). The molecule has 1 saturated heterocycles. The monoisotopic (exact) mass is 342 g/mol. The second kappa shape index (κ2) is 7.78. The number of rotatable bonds is 6. The van der Waals surface area contributed by atoms with Gasteiger partial charge in [-0.2, -0.15) is 5.10 Å². The topological polar surface area (TPSA) is 67.2 Å². The van der Waals surface area contributed by atoms with Crippen molar-refractivity contribution in [1.82, 2.24) is 20.0 Å². The molecule has 1 aliphatic heterocycles. The van der Waals surface area contributed by atoms with Crippen molar-refractivity contribution >= 4 is 16.7 Å². The van der Waals surface area contributed by atoms with E-state index in [9.17, 15) is 9.59 Å². The number of likely N-dealkylation sites (tertiary alicyclic amines) is 1. The fourth-order valence-corrected chi connectivity index (χ4v) is 3.60. The van der Waals surface area contributed by atoms with Gasteiger partial charge in [-0.1, -0.05) is 32.0 Å². The predicted octanol–water partition coefficient (Wildman–Crippen LogP) is 2.02. The Kier molecular flexibility index (Phi) is 5.48. The molecule has 6 heteroatoms. The third-order valence-corrected chi connectivity index (χ3v) is 4.92. The number of hydrogen-bond donors (Lipinski definition) is 1. The number of aromatic nitrogens is 2. The van der Waals surface area contributed by atoms with E-state index >= 15 is 0 Å². The number of benzene rings is 1. The zero-order valence-electron chi connectivity index (χ0n) is 15.0. The van der Waals surface area contributed by atoms with E-state index < -0.39 is 0 Å². The van der Waals surface area contributed by atoms with Gasteiger partial charge in [0.1, 0.15) is 0 Å². The number of hydrogen-bond acceptors (Lipinski definition) is 4. The molecule has 1 N–H and O–H groups in total. The fraction of sp³-hybridized carbons (Fsp3) is 0.526. The van der Waals surface area contributed by atoms with Crippen LogP contribution in [0.2, 0.25) is 0 Å². The lowest BCUT2D eigenvalue weighted by atomic mass is 10.1. The zero-order chi connectivity index (χ0) is 17.8. The summed E-state index contributed by atoms with van der Waals surface area (Å²) in [5.74, 6) is -0.205. The van der Waals surface area contributed by atoms with Crippen LogP contribution in [0.5, 0.6) is 0 Å². The summed E-state index contributed by atoms with van der Waals surface area (Å²) in [4.78, 5) is 27.7. The van der Waals surface area contributed by atoms with Crippen LogP contribution in [0.4, 0.5) is 0 Å². The first-order valence-electron chi connectivity index (χ1n) is 9.17. The third-order valence-electron chi connectivity index (χ3n) is 4.92. The summed E-state index contributed by atoms with van der Waals surface area (Å²) >= 11 is 0. The summed E-state index contributed by atoms with van der Waals surface area (Å²) < 4.78 is 1.41. The lowest BCUT2D eigenvalue weighted by Crippen LogP contribution is -2.40. The summed E-state index contributed by atoms with van der Waals surface area (Å²) in [7, 11) is 0. The van der Waals surface area contributed by atoms with E-state index in [0.717, 1.165) is 25.9 Å². The normalized spacial score (nSPS) is 17.9. The summed E-state index contributed by atoms with van der Waals surface area (Å²) in [5.41, 5.74) is 0.201. The van der Waals surface area contributed by atoms with Gasteiger partial charge in [0, 0.05) is 24.5 Å². The van der Waals surface area contributed by atoms with E-state index in [1.165, 1.54) is 11.1 Å². The number of amides is 1. The molecule has 0 saturated carbocycles. The first-order valence-corrected chi connectivity index (χ1v) is 9.17. The number of fused-ring (bicyclic) bond motifs is 1. The van der Waals surface area contributed by atoms with Crippen LogP contribution in [0.3, 0.4) is 0 Å². The van der Waals surface area contributed by atoms with Gasteiger partial charge in [-0.3, -0.25) is 14.5 Å². The molecule has 1 aromatic carbocycles. The van der Waals surface area contributed by atoms with E-state index in [-0.39, 0.29) is 11.5 Å². The van der Waals surface area contributed by atoms with E-state index in [1.807, 2.05) is 19.1 Å². The molecule has 2 aromatic rings. The highest BCUT2D eigenvalue weighted by atomic mass is 16.2. The number of carbonyl (C=O) groups is 1. The first kappa shape index (κ1) is 17.6. The van der Waals surface area contributed by atoms with E-state index in [1.54, 1.807) is 12.1 Å². The fourth-order valence-electron chi connectivity index (χ4n) is 3.60. The maximum absolute atomic E-state index is 12.8. The molecule has 0 spiro atoms. The maximum Gasteiger partial charge on any atom is 0.274 e. The van der Waals surface area contributed by atoms with Crippen molar-refractivity contribution in [3.63, 3.8) is 0 Å².